The Balaban J connectivity index is 1.12. The molecule has 2 fully saturated rings. The van der Waals surface area contributed by atoms with Gasteiger partial charge in [0.25, 0.3) is 5.91 Å². The van der Waals surface area contributed by atoms with Crippen molar-refractivity contribution in [1.29, 1.82) is 0 Å². The molecule has 1 amide bonds. The number of rotatable bonds is 7. The minimum atomic E-state index is -3.16. The summed E-state index contributed by atoms with van der Waals surface area (Å²) in [6, 6.07) is 9.44. The van der Waals surface area contributed by atoms with Gasteiger partial charge in [0.2, 0.25) is 10.0 Å². The van der Waals surface area contributed by atoms with Crippen LogP contribution in [0.3, 0.4) is 0 Å². The molecule has 1 atom stereocenters. The highest BCUT2D eigenvalue weighted by atomic mass is 32.2. The molecule has 3 aliphatic rings. The molecule has 10 heteroatoms. The number of benzene rings is 1. The molecule has 4 heterocycles. The van der Waals surface area contributed by atoms with Crippen molar-refractivity contribution in [2.45, 2.75) is 76.4 Å². The maximum Gasteiger partial charge on any atom is 0.272 e. The Labute approximate surface area is 233 Å². The summed E-state index contributed by atoms with van der Waals surface area (Å²) in [7, 11) is -1.47. The van der Waals surface area contributed by atoms with Crippen LogP contribution >= 0.6 is 0 Å². The number of carbonyl (C=O) groups is 1. The van der Waals surface area contributed by atoms with Crippen LogP contribution in [0.15, 0.2) is 30.6 Å². The number of nitrogens with one attached hydrogen (secondary N) is 1. The molecule has 2 aromatic rings. The molecule has 39 heavy (non-hydrogen) atoms. The van der Waals surface area contributed by atoms with Crippen molar-refractivity contribution in [3.63, 3.8) is 0 Å². The van der Waals surface area contributed by atoms with Crippen LogP contribution in [0.25, 0.3) is 0 Å². The number of amides is 1. The van der Waals surface area contributed by atoms with Gasteiger partial charge in [0.05, 0.1) is 6.26 Å². The highest BCUT2D eigenvalue weighted by Crippen LogP contribution is 2.27. The number of hydrogen-bond donors (Lipinski definition) is 1. The Morgan fingerprint density at radius 1 is 1.05 bits per heavy atom. The molecule has 0 radical (unpaired) electrons. The molecule has 0 saturated carbocycles. The van der Waals surface area contributed by atoms with E-state index in [9.17, 15) is 13.2 Å². The molecule has 5 rings (SSSR count). The maximum atomic E-state index is 13.5. The summed E-state index contributed by atoms with van der Waals surface area (Å²) in [5.74, 6) is 0.00723. The molecular weight excluding hydrogens is 512 g/mol. The van der Waals surface area contributed by atoms with E-state index in [1.807, 2.05) is 11.8 Å². The number of aromatic nitrogens is 2. The van der Waals surface area contributed by atoms with Crippen LogP contribution in [0, 0.1) is 6.92 Å². The zero-order chi connectivity index (χ0) is 27.6. The van der Waals surface area contributed by atoms with Crippen LogP contribution in [0.4, 0.5) is 5.69 Å². The first-order valence-corrected chi connectivity index (χ1v) is 16.2. The number of fused-ring (bicyclic) bond motifs is 1. The van der Waals surface area contributed by atoms with E-state index in [4.69, 9.17) is 0 Å². The first-order valence-electron chi connectivity index (χ1n) is 14.3. The molecule has 1 unspecified atom stereocenters. The first-order chi connectivity index (χ1) is 18.7. The van der Waals surface area contributed by atoms with Crippen LogP contribution in [-0.4, -0.2) is 96.0 Å². The topological polar surface area (TPSA) is 98.7 Å². The summed E-state index contributed by atoms with van der Waals surface area (Å²) in [4.78, 5) is 26.8. The third-order valence-electron chi connectivity index (χ3n) is 9.06. The number of sulfonamides is 1. The van der Waals surface area contributed by atoms with E-state index in [0.717, 1.165) is 88.8 Å². The zero-order valence-corrected chi connectivity index (χ0v) is 24.3. The fourth-order valence-corrected chi connectivity index (χ4v) is 7.20. The van der Waals surface area contributed by atoms with Gasteiger partial charge in [-0.05, 0) is 83.0 Å². The molecule has 0 spiro atoms. The van der Waals surface area contributed by atoms with Gasteiger partial charge in [-0.25, -0.2) is 22.7 Å². The Hall–Kier alpha value is -2.56. The van der Waals surface area contributed by atoms with Crippen molar-refractivity contribution in [3.05, 3.63) is 53.1 Å². The van der Waals surface area contributed by atoms with Gasteiger partial charge < -0.3 is 15.1 Å². The lowest BCUT2D eigenvalue weighted by Gasteiger charge is -2.43. The fraction of sp³-hybridized carbons (Fsp3) is 0.621. The van der Waals surface area contributed by atoms with Crippen molar-refractivity contribution in [2.24, 2.45) is 0 Å². The fourth-order valence-electron chi connectivity index (χ4n) is 6.45. The minimum Gasteiger partial charge on any atom is -0.382 e. The van der Waals surface area contributed by atoms with E-state index in [1.54, 1.807) is 13.4 Å². The molecule has 212 valence electrons. The highest BCUT2D eigenvalue weighted by molar-refractivity contribution is 7.88. The number of likely N-dealkylation sites (tertiary alicyclic amines) is 2. The van der Waals surface area contributed by atoms with Crippen LogP contribution < -0.4 is 5.32 Å². The number of para-hydroxylation sites is 1. The van der Waals surface area contributed by atoms with Crippen molar-refractivity contribution < 1.29 is 13.2 Å². The van der Waals surface area contributed by atoms with Crippen LogP contribution in [0.5, 0.6) is 0 Å². The lowest BCUT2D eigenvalue weighted by molar-refractivity contribution is 0.0542. The zero-order valence-electron chi connectivity index (χ0n) is 23.5. The van der Waals surface area contributed by atoms with Gasteiger partial charge in [-0.1, -0.05) is 18.2 Å². The molecule has 3 aliphatic heterocycles. The average molecular weight is 555 g/mol. The summed E-state index contributed by atoms with van der Waals surface area (Å²) in [6.45, 7) is 5.22. The Morgan fingerprint density at radius 3 is 2.49 bits per heavy atom. The summed E-state index contributed by atoms with van der Waals surface area (Å²) in [5.41, 5.74) is 5.01. The quantitative estimate of drug-likeness (QED) is 0.562. The first kappa shape index (κ1) is 28.0. The van der Waals surface area contributed by atoms with Crippen LogP contribution in [0.2, 0.25) is 0 Å². The van der Waals surface area contributed by atoms with E-state index in [-0.39, 0.29) is 11.9 Å². The molecule has 1 N–H and O–H groups in total. The lowest BCUT2D eigenvalue weighted by atomic mass is 9.94. The normalized spacial score (nSPS) is 21.5. The third kappa shape index (κ3) is 6.44. The van der Waals surface area contributed by atoms with Gasteiger partial charge in [0, 0.05) is 55.2 Å². The molecule has 1 aromatic heterocycles. The summed E-state index contributed by atoms with van der Waals surface area (Å²) >= 11 is 0. The second-order valence-corrected chi connectivity index (χ2v) is 13.5. The highest BCUT2D eigenvalue weighted by Gasteiger charge is 2.33. The van der Waals surface area contributed by atoms with Crippen LogP contribution in [0.1, 0.15) is 65.8 Å². The number of nitrogens with zero attached hydrogens (tertiary/aromatic N) is 5. The lowest BCUT2D eigenvalue weighted by Crippen LogP contribution is -2.52. The SMILES string of the molecule is Cc1c(CCC2CCc3ccccc3N2)ncnc1C(=O)N1CCC(N2CCC(N(C)S(C)(=O)=O)CC2)CC1. The standard InChI is InChI=1S/C29H42N6O3S/c1-21-26(11-10-23-9-8-22-6-4-5-7-27(22)32-23)30-20-31-28(21)29(36)35-18-14-25(15-19-35)34-16-12-24(13-17-34)33(2)39(3,37)38/h4-7,20,23-25,32H,8-19H2,1-3H3. The van der Waals surface area contributed by atoms with Gasteiger partial charge >= 0.3 is 0 Å². The predicted molar refractivity (Wildman–Crippen MR) is 153 cm³/mol. The Morgan fingerprint density at radius 2 is 1.77 bits per heavy atom. The number of anilines is 1. The van der Waals surface area contributed by atoms with Gasteiger partial charge in [0.1, 0.15) is 12.0 Å². The van der Waals surface area contributed by atoms with Crippen LogP contribution in [-0.2, 0) is 22.9 Å². The van der Waals surface area contributed by atoms with Crippen molar-refractivity contribution in [1.82, 2.24) is 24.1 Å². The minimum absolute atomic E-state index is 0.00723. The molecule has 0 bridgehead atoms. The largest absolute Gasteiger partial charge is 0.382 e. The summed E-state index contributed by atoms with van der Waals surface area (Å²) < 4.78 is 25.3. The van der Waals surface area contributed by atoms with Crippen molar-refractivity contribution in [3.8, 4) is 0 Å². The van der Waals surface area contributed by atoms with Gasteiger partial charge in [0.15, 0.2) is 0 Å². The van der Waals surface area contributed by atoms with Gasteiger partial charge in [-0.3, -0.25) is 4.79 Å². The third-order valence-corrected chi connectivity index (χ3v) is 10.4. The van der Waals surface area contributed by atoms with E-state index in [1.165, 1.54) is 21.8 Å². The van der Waals surface area contributed by atoms with Gasteiger partial charge in [-0.2, -0.15) is 0 Å². The van der Waals surface area contributed by atoms with E-state index in [2.05, 4.69) is 44.5 Å². The second kappa shape index (κ2) is 11.9. The maximum absolute atomic E-state index is 13.5. The molecule has 9 nitrogen and oxygen atoms in total. The number of piperidine rings is 2. The van der Waals surface area contributed by atoms with Gasteiger partial charge in [-0.15, -0.1) is 0 Å². The van der Waals surface area contributed by atoms with E-state index < -0.39 is 10.0 Å². The van der Waals surface area contributed by atoms with E-state index >= 15 is 0 Å². The Bertz CT molecular complexity index is 1270. The van der Waals surface area contributed by atoms with Crippen molar-refractivity contribution >= 4 is 21.6 Å². The summed E-state index contributed by atoms with van der Waals surface area (Å²) in [6.07, 6.45) is 10.4. The molecule has 2 saturated heterocycles. The molecular formula is C29H42N6O3S. The molecule has 0 aliphatic carbocycles. The van der Waals surface area contributed by atoms with E-state index in [0.29, 0.717) is 17.8 Å². The van der Waals surface area contributed by atoms with Crippen molar-refractivity contribution in [2.75, 3.05) is 44.8 Å². The number of hydrogen-bond acceptors (Lipinski definition) is 7. The number of aryl methyl sites for hydroxylation is 2. The molecule has 1 aromatic carbocycles. The monoisotopic (exact) mass is 554 g/mol. The summed E-state index contributed by atoms with van der Waals surface area (Å²) in [5, 5.41) is 3.67. The number of carbonyl (C=O) groups excluding carboxylic acids is 1. The smallest absolute Gasteiger partial charge is 0.272 e. The second-order valence-electron chi connectivity index (χ2n) is 11.4. The predicted octanol–water partition coefficient (Wildman–Crippen LogP) is 3.10. The Kier molecular flexibility index (Phi) is 8.54. The average Bonchev–Trinajstić information content (AvgIpc) is 2.95.